The Kier molecular flexibility index (Phi) is 8.08. The minimum atomic E-state index is 0.0365. The van der Waals surface area contributed by atoms with Crippen molar-refractivity contribution >= 4 is 11.6 Å². The van der Waals surface area contributed by atoms with Crippen LogP contribution in [0.1, 0.15) is 35.7 Å². The average Bonchev–Trinajstić information content (AvgIpc) is 2.77. The van der Waals surface area contributed by atoms with Crippen LogP contribution in [0.15, 0.2) is 54.6 Å². The first kappa shape index (κ1) is 21.3. The van der Waals surface area contributed by atoms with Crippen molar-refractivity contribution in [3.63, 3.8) is 0 Å². The van der Waals surface area contributed by atoms with E-state index in [2.05, 4.69) is 64.7 Å². The summed E-state index contributed by atoms with van der Waals surface area (Å²) in [5, 5.41) is 6.74. The van der Waals surface area contributed by atoms with Crippen LogP contribution >= 0.6 is 0 Å². The van der Waals surface area contributed by atoms with Crippen LogP contribution in [-0.4, -0.2) is 56.6 Å². The van der Waals surface area contributed by atoms with Crippen LogP contribution in [0.25, 0.3) is 0 Å². The molecule has 0 spiro atoms. The highest BCUT2D eigenvalue weighted by molar-refractivity contribution is 6.00. The molecule has 0 bridgehead atoms. The van der Waals surface area contributed by atoms with Gasteiger partial charge in [0.1, 0.15) is 0 Å². The van der Waals surface area contributed by atoms with Gasteiger partial charge in [0, 0.05) is 44.5 Å². The van der Waals surface area contributed by atoms with Crippen molar-refractivity contribution < 1.29 is 4.79 Å². The fourth-order valence-electron chi connectivity index (χ4n) is 3.74. The summed E-state index contributed by atoms with van der Waals surface area (Å²) in [5.41, 5.74) is 3.12. The molecule has 1 unspecified atom stereocenters. The Balaban J connectivity index is 1.53. The van der Waals surface area contributed by atoms with Crippen LogP contribution in [0.2, 0.25) is 0 Å². The minimum absolute atomic E-state index is 0.0365. The maximum Gasteiger partial charge on any atom is 0.253 e. The summed E-state index contributed by atoms with van der Waals surface area (Å²) in [6.45, 7) is 7.85. The van der Waals surface area contributed by atoms with Gasteiger partial charge in [-0.05, 0) is 44.1 Å². The van der Waals surface area contributed by atoms with Gasteiger partial charge >= 0.3 is 0 Å². The van der Waals surface area contributed by atoms with E-state index in [1.807, 2.05) is 24.3 Å². The predicted octanol–water partition coefficient (Wildman–Crippen LogP) is 3.13. The van der Waals surface area contributed by atoms with Gasteiger partial charge in [-0.25, -0.2) is 0 Å². The van der Waals surface area contributed by atoms with Crippen molar-refractivity contribution in [2.45, 2.75) is 32.4 Å². The van der Waals surface area contributed by atoms with Crippen LogP contribution < -0.4 is 15.5 Å². The van der Waals surface area contributed by atoms with Crippen LogP contribution in [0, 0.1) is 0 Å². The maximum absolute atomic E-state index is 13.0. The average molecular weight is 395 g/mol. The standard InChI is InChI=1S/C24H34N4O/c1-3-21(13-14-25-19-20-9-5-4-6-10-20)26-24(29)22-11-7-8-12-23(22)28-17-15-27(2)16-18-28/h4-12,21,25H,3,13-19H2,1-2H3,(H,26,29). The number of hydrogen-bond acceptors (Lipinski definition) is 4. The molecular formula is C24H34N4O. The van der Waals surface area contributed by atoms with Crippen molar-refractivity contribution in [2.75, 3.05) is 44.7 Å². The van der Waals surface area contributed by atoms with Gasteiger partial charge in [-0.1, -0.05) is 49.4 Å². The summed E-state index contributed by atoms with van der Waals surface area (Å²) in [6, 6.07) is 18.6. The van der Waals surface area contributed by atoms with Crippen molar-refractivity contribution in [1.29, 1.82) is 0 Å². The van der Waals surface area contributed by atoms with E-state index in [-0.39, 0.29) is 11.9 Å². The number of nitrogens with zero attached hydrogens (tertiary/aromatic N) is 2. The van der Waals surface area contributed by atoms with E-state index >= 15 is 0 Å². The Hall–Kier alpha value is -2.37. The normalized spacial score (nSPS) is 15.9. The summed E-state index contributed by atoms with van der Waals surface area (Å²) in [7, 11) is 2.15. The summed E-state index contributed by atoms with van der Waals surface area (Å²) >= 11 is 0. The number of rotatable bonds is 9. The molecule has 5 heteroatoms. The molecule has 2 aromatic rings. The first-order valence-electron chi connectivity index (χ1n) is 10.8. The second kappa shape index (κ2) is 11.0. The van der Waals surface area contributed by atoms with Gasteiger partial charge in [0.15, 0.2) is 0 Å². The highest BCUT2D eigenvalue weighted by Gasteiger charge is 2.21. The SMILES string of the molecule is CCC(CCNCc1ccccc1)NC(=O)c1ccccc1N1CCN(C)CC1. The highest BCUT2D eigenvalue weighted by Crippen LogP contribution is 2.22. The van der Waals surface area contributed by atoms with E-state index in [1.165, 1.54) is 5.56 Å². The molecular weight excluding hydrogens is 360 g/mol. The quantitative estimate of drug-likeness (QED) is 0.642. The Bertz CT molecular complexity index is 756. The zero-order valence-electron chi connectivity index (χ0n) is 17.7. The smallest absolute Gasteiger partial charge is 0.253 e. The lowest BCUT2D eigenvalue weighted by atomic mass is 10.1. The van der Waals surface area contributed by atoms with E-state index in [0.29, 0.717) is 0 Å². The number of nitrogens with one attached hydrogen (secondary N) is 2. The molecule has 0 radical (unpaired) electrons. The lowest BCUT2D eigenvalue weighted by Gasteiger charge is -2.35. The highest BCUT2D eigenvalue weighted by atomic mass is 16.1. The third kappa shape index (κ3) is 6.31. The van der Waals surface area contributed by atoms with Gasteiger partial charge in [0.2, 0.25) is 0 Å². The Morgan fingerprint density at radius 3 is 2.41 bits per heavy atom. The second-order valence-corrected chi connectivity index (χ2v) is 7.84. The van der Waals surface area contributed by atoms with Crippen LogP contribution in [0.3, 0.4) is 0 Å². The van der Waals surface area contributed by atoms with E-state index in [0.717, 1.165) is 63.4 Å². The number of carbonyl (C=O) groups excluding carboxylic acids is 1. The Morgan fingerprint density at radius 1 is 1.00 bits per heavy atom. The number of para-hydroxylation sites is 1. The lowest BCUT2D eigenvalue weighted by molar-refractivity contribution is 0.0934. The van der Waals surface area contributed by atoms with Crippen molar-refractivity contribution in [2.24, 2.45) is 0 Å². The van der Waals surface area contributed by atoms with Crippen molar-refractivity contribution in [3.8, 4) is 0 Å². The second-order valence-electron chi connectivity index (χ2n) is 7.84. The zero-order chi connectivity index (χ0) is 20.5. The fraction of sp³-hybridized carbons (Fsp3) is 0.458. The number of likely N-dealkylation sites (N-methyl/N-ethyl adjacent to an activating group) is 1. The van der Waals surface area contributed by atoms with E-state index < -0.39 is 0 Å². The molecule has 5 nitrogen and oxygen atoms in total. The molecule has 2 aromatic carbocycles. The Morgan fingerprint density at radius 2 is 1.69 bits per heavy atom. The van der Waals surface area contributed by atoms with Crippen LogP contribution in [0.5, 0.6) is 0 Å². The largest absolute Gasteiger partial charge is 0.368 e. The molecule has 1 atom stereocenters. The summed E-state index contributed by atoms with van der Waals surface area (Å²) in [6.07, 6.45) is 1.85. The molecule has 1 aliphatic heterocycles. The molecule has 1 aliphatic rings. The summed E-state index contributed by atoms with van der Waals surface area (Å²) in [4.78, 5) is 17.7. The Labute approximate surface area is 175 Å². The number of benzene rings is 2. The third-order valence-corrected chi connectivity index (χ3v) is 5.66. The van der Waals surface area contributed by atoms with Gasteiger partial charge in [-0.15, -0.1) is 0 Å². The van der Waals surface area contributed by atoms with E-state index in [1.54, 1.807) is 0 Å². The molecule has 1 saturated heterocycles. The first-order chi connectivity index (χ1) is 14.2. The van der Waals surface area contributed by atoms with Gasteiger partial charge in [0.05, 0.1) is 5.56 Å². The molecule has 156 valence electrons. The maximum atomic E-state index is 13.0. The molecule has 29 heavy (non-hydrogen) atoms. The summed E-state index contributed by atoms with van der Waals surface area (Å²) < 4.78 is 0. The number of piperazine rings is 1. The minimum Gasteiger partial charge on any atom is -0.368 e. The third-order valence-electron chi connectivity index (χ3n) is 5.66. The van der Waals surface area contributed by atoms with Gasteiger partial charge in [-0.2, -0.15) is 0 Å². The molecule has 1 heterocycles. The fourth-order valence-corrected chi connectivity index (χ4v) is 3.74. The number of hydrogen-bond donors (Lipinski definition) is 2. The summed E-state index contributed by atoms with van der Waals surface area (Å²) in [5.74, 6) is 0.0365. The van der Waals surface area contributed by atoms with Gasteiger partial charge in [-0.3, -0.25) is 4.79 Å². The molecule has 1 amide bonds. The van der Waals surface area contributed by atoms with E-state index in [9.17, 15) is 4.79 Å². The first-order valence-corrected chi connectivity index (χ1v) is 10.8. The van der Waals surface area contributed by atoms with Gasteiger partial charge in [0.25, 0.3) is 5.91 Å². The van der Waals surface area contributed by atoms with Crippen molar-refractivity contribution in [3.05, 3.63) is 65.7 Å². The van der Waals surface area contributed by atoms with Crippen LogP contribution in [0.4, 0.5) is 5.69 Å². The van der Waals surface area contributed by atoms with Gasteiger partial charge < -0.3 is 20.4 Å². The topological polar surface area (TPSA) is 47.6 Å². The number of amides is 1. The molecule has 2 N–H and O–H groups in total. The molecule has 3 rings (SSSR count). The lowest BCUT2D eigenvalue weighted by Crippen LogP contribution is -2.45. The zero-order valence-corrected chi connectivity index (χ0v) is 17.7. The number of carbonyl (C=O) groups is 1. The molecule has 0 saturated carbocycles. The molecule has 0 aliphatic carbocycles. The predicted molar refractivity (Wildman–Crippen MR) is 120 cm³/mol. The van der Waals surface area contributed by atoms with E-state index in [4.69, 9.17) is 0 Å². The van der Waals surface area contributed by atoms with Crippen molar-refractivity contribution in [1.82, 2.24) is 15.5 Å². The molecule has 0 aromatic heterocycles. The van der Waals surface area contributed by atoms with Crippen LogP contribution in [-0.2, 0) is 6.54 Å². The number of anilines is 1. The molecule has 1 fully saturated rings. The monoisotopic (exact) mass is 394 g/mol.